The Morgan fingerprint density at radius 3 is 2.59 bits per heavy atom. The summed E-state index contributed by atoms with van der Waals surface area (Å²) in [6.07, 6.45) is 5.52. The highest BCUT2D eigenvalue weighted by Gasteiger charge is 2.28. The quantitative estimate of drug-likeness (QED) is 0.751. The highest BCUT2D eigenvalue weighted by Crippen LogP contribution is 2.25. The van der Waals surface area contributed by atoms with Crippen molar-refractivity contribution >= 4 is 28.0 Å². The Morgan fingerprint density at radius 1 is 1.19 bits per heavy atom. The molecule has 0 radical (unpaired) electrons. The predicted octanol–water partition coefficient (Wildman–Crippen LogP) is 1.90. The van der Waals surface area contributed by atoms with Crippen LogP contribution in [0, 0.1) is 6.92 Å². The van der Waals surface area contributed by atoms with Gasteiger partial charge in [0.1, 0.15) is 5.84 Å². The van der Waals surface area contributed by atoms with Crippen LogP contribution in [0.2, 0.25) is 0 Å². The molecule has 1 unspecified atom stereocenters. The molecule has 0 aliphatic carbocycles. The van der Waals surface area contributed by atoms with Crippen LogP contribution in [-0.4, -0.2) is 48.9 Å². The number of likely N-dealkylation sites (N-methyl/N-ethyl adjacent to an activating group) is 1. The summed E-state index contributed by atoms with van der Waals surface area (Å²) in [4.78, 5) is 14.9. The lowest BCUT2D eigenvalue weighted by Gasteiger charge is -2.34. The molecule has 3 heterocycles. The first-order valence-electron chi connectivity index (χ1n) is 9.08. The molecule has 0 amide bonds. The summed E-state index contributed by atoms with van der Waals surface area (Å²) in [6, 6.07) is 8.35. The van der Waals surface area contributed by atoms with E-state index in [1.54, 1.807) is 11.3 Å². The summed E-state index contributed by atoms with van der Waals surface area (Å²) in [6.45, 7) is 6.29. The van der Waals surface area contributed by atoms with E-state index in [9.17, 15) is 0 Å². The van der Waals surface area contributed by atoms with Gasteiger partial charge in [-0.05, 0) is 32.2 Å². The zero-order valence-corrected chi connectivity index (χ0v) is 16.5. The van der Waals surface area contributed by atoms with Crippen LogP contribution < -0.4 is 21.3 Å². The van der Waals surface area contributed by atoms with Gasteiger partial charge in [-0.1, -0.05) is 12.1 Å². The second-order valence-corrected chi connectivity index (χ2v) is 8.21. The van der Waals surface area contributed by atoms with Crippen LogP contribution in [0.1, 0.15) is 10.4 Å². The average molecular weight is 384 g/mol. The number of piperazine rings is 1. The molecular weight excluding hydrogens is 358 g/mol. The second kappa shape index (κ2) is 7.30. The highest BCUT2D eigenvalue weighted by atomic mass is 32.1. The number of rotatable bonds is 3. The van der Waals surface area contributed by atoms with Gasteiger partial charge in [0.15, 0.2) is 5.13 Å². The van der Waals surface area contributed by atoms with E-state index in [1.807, 2.05) is 25.4 Å². The first-order chi connectivity index (χ1) is 13.0. The fourth-order valence-electron chi connectivity index (χ4n) is 3.24. The van der Waals surface area contributed by atoms with Crippen molar-refractivity contribution in [1.29, 1.82) is 0 Å². The molecule has 0 spiro atoms. The van der Waals surface area contributed by atoms with Crippen LogP contribution in [0.25, 0.3) is 0 Å². The Kier molecular flexibility index (Phi) is 4.86. The smallest absolute Gasteiger partial charge is 0.211 e. The SMILES string of the molecule is Cc1cnc(NC2=NC(N)(c3ccc(N4CCN(C)CC4)cc3)NC=C2)s1. The van der Waals surface area contributed by atoms with Crippen LogP contribution in [0.5, 0.6) is 0 Å². The number of aromatic nitrogens is 1. The fourth-order valence-corrected chi connectivity index (χ4v) is 3.91. The number of benzene rings is 1. The van der Waals surface area contributed by atoms with Crippen LogP contribution >= 0.6 is 11.3 Å². The van der Waals surface area contributed by atoms with Gasteiger partial charge in [0.05, 0.1) is 0 Å². The summed E-state index contributed by atoms with van der Waals surface area (Å²) < 4.78 is 0. The van der Waals surface area contributed by atoms with Gasteiger partial charge in [-0.25, -0.2) is 9.98 Å². The number of aliphatic imine (C=N–C) groups is 1. The number of hydrogen-bond acceptors (Lipinski definition) is 8. The minimum absolute atomic E-state index is 0.689. The summed E-state index contributed by atoms with van der Waals surface area (Å²) >= 11 is 1.59. The van der Waals surface area contributed by atoms with Gasteiger partial charge < -0.3 is 20.4 Å². The second-order valence-electron chi connectivity index (χ2n) is 6.98. The molecular formula is C19H25N7S. The lowest BCUT2D eigenvalue weighted by molar-refractivity contribution is 0.313. The van der Waals surface area contributed by atoms with Gasteiger partial charge in [0.25, 0.3) is 0 Å². The van der Waals surface area contributed by atoms with E-state index >= 15 is 0 Å². The largest absolute Gasteiger partial charge is 0.369 e. The maximum absolute atomic E-state index is 6.55. The van der Waals surface area contributed by atoms with Gasteiger partial charge in [-0.2, -0.15) is 0 Å². The lowest BCUT2D eigenvalue weighted by Crippen LogP contribution is -2.49. The van der Waals surface area contributed by atoms with Crippen LogP contribution in [0.3, 0.4) is 0 Å². The van der Waals surface area contributed by atoms with Crippen molar-refractivity contribution in [2.75, 3.05) is 43.4 Å². The zero-order valence-electron chi connectivity index (χ0n) is 15.6. The van der Waals surface area contributed by atoms with E-state index in [4.69, 9.17) is 5.73 Å². The standard InChI is InChI=1S/C19H25N7S/c1-14-13-21-18(27-14)23-17-7-8-22-19(20,24-17)15-3-5-16(6-4-15)26-11-9-25(2)10-12-26/h3-8,13,22H,9-12,20H2,1-2H3,(H,21,23,24). The summed E-state index contributed by atoms with van der Waals surface area (Å²) in [5.41, 5.74) is 8.69. The van der Waals surface area contributed by atoms with E-state index in [0.29, 0.717) is 5.84 Å². The molecule has 1 fully saturated rings. The molecule has 0 saturated carbocycles. The minimum Gasteiger partial charge on any atom is -0.369 e. The first-order valence-corrected chi connectivity index (χ1v) is 9.90. The molecule has 2 aliphatic rings. The van der Waals surface area contributed by atoms with Crippen molar-refractivity contribution in [3.8, 4) is 0 Å². The number of hydrogen-bond donors (Lipinski definition) is 3. The number of nitrogens with one attached hydrogen (secondary N) is 2. The van der Waals surface area contributed by atoms with Crippen LogP contribution in [-0.2, 0) is 5.79 Å². The van der Waals surface area contributed by atoms with E-state index < -0.39 is 5.79 Å². The molecule has 2 aromatic rings. The number of thiazole rings is 1. The van der Waals surface area contributed by atoms with E-state index in [-0.39, 0.29) is 0 Å². The molecule has 4 N–H and O–H groups in total. The van der Waals surface area contributed by atoms with Crippen LogP contribution in [0.15, 0.2) is 47.7 Å². The molecule has 2 aliphatic heterocycles. The topological polar surface area (TPSA) is 81.8 Å². The van der Waals surface area contributed by atoms with Crippen LogP contribution in [0.4, 0.5) is 10.8 Å². The van der Waals surface area contributed by atoms with Gasteiger partial charge in [-0.3, -0.25) is 5.73 Å². The van der Waals surface area contributed by atoms with Crippen molar-refractivity contribution in [3.05, 3.63) is 53.2 Å². The monoisotopic (exact) mass is 383 g/mol. The maximum atomic E-state index is 6.55. The Hall–Kier alpha value is -2.42. The first kappa shape index (κ1) is 18.0. The van der Waals surface area contributed by atoms with E-state index in [1.165, 1.54) is 5.69 Å². The molecule has 1 aromatic heterocycles. The number of nitrogens with two attached hydrogens (primary N) is 1. The lowest BCUT2D eigenvalue weighted by atomic mass is 10.1. The predicted molar refractivity (Wildman–Crippen MR) is 112 cm³/mol. The molecule has 8 heteroatoms. The highest BCUT2D eigenvalue weighted by molar-refractivity contribution is 7.15. The molecule has 27 heavy (non-hydrogen) atoms. The Bertz CT molecular complexity index is 849. The molecule has 1 saturated heterocycles. The van der Waals surface area contributed by atoms with Crippen molar-refractivity contribution in [3.63, 3.8) is 0 Å². The third-order valence-corrected chi connectivity index (χ3v) is 5.70. The molecule has 4 rings (SSSR count). The molecule has 0 bridgehead atoms. The zero-order chi connectivity index (χ0) is 18.9. The van der Waals surface area contributed by atoms with Gasteiger partial charge >= 0.3 is 0 Å². The molecule has 1 aromatic carbocycles. The van der Waals surface area contributed by atoms with Crippen molar-refractivity contribution in [2.45, 2.75) is 12.7 Å². The number of nitrogens with zero attached hydrogens (tertiary/aromatic N) is 4. The van der Waals surface area contributed by atoms with Gasteiger partial charge in [0.2, 0.25) is 5.79 Å². The van der Waals surface area contributed by atoms with Gasteiger partial charge in [0, 0.05) is 54.7 Å². The van der Waals surface area contributed by atoms with Crippen molar-refractivity contribution in [2.24, 2.45) is 10.7 Å². The molecule has 1 atom stereocenters. The number of amidine groups is 1. The number of anilines is 2. The third kappa shape index (κ3) is 3.97. The summed E-state index contributed by atoms with van der Waals surface area (Å²) in [5, 5.41) is 7.21. The molecule has 7 nitrogen and oxygen atoms in total. The molecule has 142 valence electrons. The van der Waals surface area contributed by atoms with Crippen molar-refractivity contribution in [1.82, 2.24) is 15.2 Å². The Balaban J connectivity index is 1.50. The fraction of sp³-hybridized carbons (Fsp3) is 0.368. The minimum atomic E-state index is -0.996. The Labute approximate surface area is 163 Å². The normalized spacial score (nSPS) is 23.1. The average Bonchev–Trinajstić information content (AvgIpc) is 3.07. The summed E-state index contributed by atoms with van der Waals surface area (Å²) in [7, 11) is 2.16. The Morgan fingerprint density at radius 2 is 1.93 bits per heavy atom. The van der Waals surface area contributed by atoms with E-state index in [0.717, 1.165) is 41.8 Å². The summed E-state index contributed by atoms with van der Waals surface area (Å²) in [5.74, 6) is -0.307. The maximum Gasteiger partial charge on any atom is 0.211 e. The van der Waals surface area contributed by atoms with Gasteiger partial charge in [-0.15, -0.1) is 11.3 Å². The third-order valence-electron chi connectivity index (χ3n) is 4.87. The van der Waals surface area contributed by atoms with E-state index in [2.05, 4.69) is 61.7 Å². The number of aryl methyl sites for hydroxylation is 1. The van der Waals surface area contributed by atoms with Crippen molar-refractivity contribution < 1.29 is 0 Å².